The number of benzene rings is 1. The van der Waals surface area contributed by atoms with Crippen molar-refractivity contribution < 1.29 is 9.18 Å². The zero-order valence-electron chi connectivity index (χ0n) is 14.5. The molecule has 0 saturated carbocycles. The van der Waals surface area contributed by atoms with Crippen molar-refractivity contribution >= 4 is 33.3 Å². The van der Waals surface area contributed by atoms with Crippen LogP contribution < -0.4 is 4.90 Å². The van der Waals surface area contributed by atoms with Gasteiger partial charge >= 0.3 is 0 Å². The predicted octanol–water partition coefficient (Wildman–Crippen LogP) is 3.03. The zero-order valence-corrected chi connectivity index (χ0v) is 15.3. The maximum Gasteiger partial charge on any atom is 0.227 e. The summed E-state index contributed by atoms with van der Waals surface area (Å²) in [6.07, 6.45) is 1.92. The monoisotopic (exact) mass is 370 g/mol. The molecule has 1 aromatic carbocycles. The number of amides is 1. The lowest BCUT2D eigenvalue weighted by Crippen LogP contribution is -2.49. The summed E-state index contributed by atoms with van der Waals surface area (Å²) in [7, 11) is 0. The van der Waals surface area contributed by atoms with Gasteiger partial charge in [-0.05, 0) is 30.7 Å². The first kappa shape index (κ1) is 16.9. The van der Waals surface area contributed by atoms with Crippen LogP contribution in [0.5, 0.6) is 0 Å². The van der Waals surface area contributed by atoms with Gasteiger partial charge in [-0.2, -0.15) is 0 Å². The van der Waals surface area contributed by atoms with Crippen LogP contribution in [0.1, 0.15) is 10.4 Å². The van der Waals surface area contributed by atoms with Crippen molar-refractivity contribution in [2.75, 3.05) is 31.1 Å². The lowest BCUT2D eigenvalue weighted by molar-refractivity contribution is -0.130. The number of hydrogen-bond acceptors (Lipinski definition) is 5. The molecule has 1 saturated heterocycles. The first-order valence-electron chi connectivity index (χ1n) is 8.58. The van der Waals surface area contributed by atoms with Gasteiger partial charge in [-0.3, -0.25) is 4.79 Å². The number of aryl methyl sites for hydroxylation is 1. The second-order valence-electron chi connectivity index (χ2n) is 6.44. The van der Waals surface area contributed by atoms with Gasteiger partial charge in [-0.1, -0.05) is 12.1 Å². The van der Waals surface area contributed by atoms with Crippen molar-refractivity contribution in [1.29, 1.82) is 0 Å². The van der Waals surface area contributed by atoms with E-state index >= 15 is 0 Å². The molecule has 7 heteroatoms. The van der Waals surface area contributed by atoms with E-state index in [4.69, 9.17) is 0 Å². The van der Waals surface area contributed by atoms with E-state index < -0.39 is 0 Å². The number of hydrogen-bond donors (Lipinski definition) is 0. The predicted molar refractivity (Wildman–Crippen MR) is 101 cm³/mol. The molecule has 2 aromatic heterocycles. The Kier molecular flexibility index (Phi) is 4.55. The number of piperazine rings is 1. The Balaban J connectivity index is 1.42. The smallest absolute Gasteiger partial charge is 0.227 e. The molecule has 1 aliphatic heterocycles. The third-order valence-corrected chi connectivity index (χ3v) is 5.59. The highest BCUT2D eigenvalue weighted by Crippen LogP contribution is 2.30. The summed E-state index contributed by atoms with van der Waals surface area (Å²) in [5.74, 6) is 0.745. The van der Waals surface area contributed by atoms with Gasteiger partial charge < -0.3 is 9.80 Å². The van der Waals surface area contributed by atoms with Gasteiger partial charge in [-0.15, -0.1) is 11.3 Å². The maximum atomic E-state index is 13.0. The molecule has 0 radical (unpaired) electrons. The molecular formula is C19H19FN4OS. The van der Waals surface area contributed by atoms with Crippen LogP contribution >= 0.6 is 11.3 Å². The minimum absolute atomic E-state index is 0.0791. The summed E-state index contributed by atoms with van der Waals surface area (Å²) in [6, 6.07) is 8.24. The van der Waals surface area contributed by atoms with Crippen molar-refractivity contribution in [3.05, 3.63) is 52.9 Å². The van der Waals surface area contributed by atoms with Gasteiger partial charge in [0.15, 0.2) is 0 Å². The largest absolute Gasteiger partial charge is 0.352 e. The summed E-state index contributed by atoms with van der Waals surface area (Å²) >= 11 is 1.67. The van der Waals surface area contributed by atoms with Crippen molar-refractivity contribution in [3.63, 3.8) is 0 Å². The number of thiophene rings is 1. The van der Waals surface area contributed by atoms with Crippen LogP contribution in [-0.2, 0) is 11.2 Å². The Bertz CT molecular complexity index is 932. The molecule has 3 heterocycles. The molecule has 0 aliphatic carbocycles. The molecule has 1 amide bonds. The minimum Gasteiger partial charge on any atom is -0.352 e. The van der Waals surface area contributed by atoms with Crippen molar-refractivity contribution in [3.8, 4) is 0 Å². The average molecular weight is 370 g/mol. The lowest BCUT2D eigenvalue weighted by atomic mass is 10.1. The lowest BCUT2D eigenvalue weighted by Gasteiger charge is -2.35. The maximum absolute atomic E-state index is 13.0. The number of rotatable bonds is 3. The summed E-state index contributed by atoms with van der Waals surface area (Å²) < 4.78 is 13.0. The summed E-state index contributed by atoms with van der Waals surface area (Å²) in [4.78, 5) is 27.6. The van der Waals surface area contributed by atoms with Gasteiger partial charge in [0.2, 0.25) is 5.91 Å². The van der Waals surface area contributed by atoms with E-state index in [2.05, 4.69) is 27.9 Å². The van der Waals surface area contributed by atoms with Crippen LogP contribution in [0.4, 0.5) is 10.2 Å². The summed E-state index contributed by atoms with van der Waals surface area (Å²) in [5, 5.41) is 1.08. The Labute approximate surface area is 155 Å². The second kappa shape index (κ2) is 6.99. The standard InChI is InChI=1S/C19H19FN4OS/c1-13-10-16-18(21-12-22-19(16)26-13)24-8-6-23(7-9-24)17(25)11-14-2-4-15(20)5-3-14/h2-5,10,12H,6-9,11H2,1H3. The SMILES string of the molecule is Cc1cc2c(N3CCN(C(=O)Cc4ccc(F)cc4)CC3)ncnc2s1. The van der Waals surface area contributed by atoms with Crippen LogP contribution in [0.15, 0.2) is 36.7 Å². The molecule has 5 nitrogen and oxygen atoms in total. The minimum atomic E-state index is -0.283. The van der Waals surface area contributed by atoms with E-state index in [0.29, 0.717) is 19.5 Å². The second-order valence-corrected chi connectivity index (χ2v) is 7.68. The van der Waals surface area contributed by atoms with Gasteiger partial charge in [0, 0.05) is 31.1 Å². The highest BCUT2D eigenvalue weighted by atomic mass is 32.1. The molecule has 3 aromatic rings. The highest BCUT2D eigenvalue weighted by Gasteiger charge is 2.23. The average Bonchev–Trinajstić information content (AvgIpc) is 3.04. The van der Waals surface area contributed by atoms with E-state index in [0.717, 1.165) is 34.7 Å². The molecule has 134 valence electrons. The summed E-state index contributed by atoms with van der Waals surface area (Å²) in [5.41, 5.74) is 0.838. The molecule has 0 unspecified atom stereocenters. The molecule has 0 spiro atoms. The molecular weight excluding hydrogens is 351 g/mol. The van der Waals surface area contributed by atoms with Crippen LogP contribution in [0, 0.1) is 12.7 Å². The van der Waals surface area contributed by atoms with Crippen LogP contribution in [0.25, 0.3) is 10.2 Å². The number of carbonyl (C=O) groups is 1. The topological polar surface area (TPSA) is 49.3 Å². The fourth-order valence-corrected chi connectivity index (χ4v) is 4.11. The number of anilines is 1. The van der Waals surface area contributed by atoms with E-state index in [1.54, 1.807) is 29.8 Å². The Hall–Kier alpha value is -2.54. The highest BCUT2D eigenvalue weighted by molar-refractivity contribution is 7.18. The Morgan fingerprint density at radius 1 is 1.15 bits per heavy atom. The first-order valence-corrected chi connectivity index (χ1v) is 9.40. The zero-order chi connectivity index (χ0) is 18.1. The van der Waals surface area contributed by atoms with Gasteiger partial charge in [-0.25, -0.2) is 14.4 Å². The number of aromatic nitrogens is 2. The number of halogens is 1. The molecule has 1 aliphatic rings. The third-order valence-electron chi connectivity index (χ3n) is 4.63. The number of fused-ring (bicyclic) bond motifs is 1. The Morgan fingerprint density at radius 3 is 2.62 bits per heavy atom. The van der Waals surface area contributed by atoms with E-state index in [1.807, 2.05) is 4.90 Å². The van der Waals surface area contributed by atoms with E-state index in [-0.39, 0.29) is 11.7 Å². The molecule has 4 rings (SSSR count). The number of nitrogens with zero attached hydrogens (tertiary/aromatic N) is 4. The fourth-order valence-electron chi connectivity index (χ4n) is 3.27. The quantitative estimate of drug-likeness (QED) is 0.711. The van der Waals surface area contributed by atoms with Crippen LogP contribution in [-0.4, -0.2) is 47.0 Å². The van der Waals surface area contributed by atoms with Gasteiger partial charge in [0.25, 0.3) is 0 Å². The molecule has 0 atom stereocenters. The Morgan fingerprint density at radius 2 is 1.88 bits per heavy atom. The summed E-state index contributed by atoms with van der Waals surface area (Å²) in [6.45, 7) is 4.89. The van der Waals surface area contributed by atoms with Crippen LogP contribution in [0.3, 0.4) is 0 Å². The number of carbonyl (C=O) groups excluding carboxylic acids is 1. The van der Waals surface area contributed by atoms with Crippen molar-refractivity contribution in [1.82, 2.24) is 14.9 Å². The fraction of sp³-hybridized carbons (Fsp3) is 0.316. The molecule has 0 N–H and O–H groups in total. The third kappa shape index (κ3) is 3.39. The van der Waals surface area contributed by atoms with Crippen molar-refractivity contribution in [2.24, 2.45) is 0 Å². The molecule has 1 fully saturated rings. The van der Waals surface area contributed by atoms with E-state index in [9.17, 15) is 9.18 Å². The normalized spacial score (nSPS) is 14.8. The van der Waals surface area contributed by atoms with Crippen LogP contribution in [0.2, 0.25) is 0 Å². The molecule has 0 bridgehead atoms. The van der Waals surface area contributed by atoms with Gasteiger partial charge in [0.1, 0.15) is 22.8 Å². The van der Waals surface area contributed by atoms with E-state index in [1.165, 1.54) is 17.0 Å². The van der Waals surface area contributed by atoms with Gasteiger partial charge in [0.05, 0.1) is 11.8 Å². The first-order chi connectivity index (χ1) is 12.6. The van der Waals surface area contributed by atoms with Crippen molar-refractivity contribution in [2.45, 2.75) is 13.3 Å². The molecule has 26 heavy (non-hydrogen) atoms.